The maximum atomic E-state index is 4.76. The minimum Gasteiger partial charge on any atom is -0.255 e. The second-order valence-corrected chi connectivity index (χ2v) is 6.55. The molecule has 0 aliphatic carbocycles. The molecule has 0 unspecified atom stereocenters. The standard InChI is InChI=1S/C14H10N2S.2ClH.Fe/c1-3-9-15-11(5-1)13-7-8-14(17-13)12-6-2-4-10-16-12;;;/h1-10H;2*1H;/q;;;+2/p-2. The Hall–Kier alpha value is -0.901. The van der Waals surface area contributed by atoms with Crippen molar-refractivity contribution < 1.29 is 13.1 Å². The van der Waals surface area contributed by atoms with Gasteiger partial charge in [-0.2, -0.15) is 0 Å². The van der Waals surface area contributed by atoms with Crippen molar-refractivity contribution in [3.8, 4) is 21.1 Å². The first-order chi connectivity index (χ1) is 9.85. The van der Waals surface area contributed by atoms with Gasteiger partial charge in [0, 0.05) is 12.4 Å². The normalized spacial score (nSPS) is 9.90. The predicted molar refractivity (Wildman–Crippen MR) is 82.5 cm³/mol. The average molecular weight is 365 g/mol. The second kappa shape index (κ2) is 8.40. The molecule has 0 spiro atoms. The van der Waals surface area contributed by atoms with Gasteiger partial charge in [-0.15, -0.1) is 11.3 Å². The Morgan fingerprint density at radius 2 is 1.20 bits per heavy atom. The molecule has 0 bridgehead atoms. The van der Waals surface area contributed by atoms with Crippen LogP contribution in [-0.2, 0) is 13.1 Å². The molecule has 0 radical (unpaired) electrons. The van der Waals surface area contributed by atoms with Crippen molar-refractivity contribution in [1.82, 2.24) is 9.97 Å². The Morgan fingerprint density at radius 1 is 0.750 bits per heavy atom. The van der Waals surface area contributed by atoms with Crippen LogP contribution in [0.2, 0.25) is 0 Å². The Morgan fingerprint density at radius 3 is 1.55 bits per heavy atom. The van der Waals surface area contributed by atoms with E-state index in [-0.39, 0.29) is 13.1 Å². The van der Waals surface area contributed by atoms with Crippen LogP contribution < -0.4 is 0 Å². The summed E-state index contributed by atoms with van der Waals surface area (Å²) in [5, 5.41) is 0. The van der Waals surface area contributed by atoms with Gasteiger partial charge in [-0.25, -0.2) is 0 Å². The fourth-order valence-electron chi connectivity index (χ4n) is 1.63. The van der Waals surface area contributed by atoms with Gasteiger partial charge in [-0.3, -0.25) is 9.97 Å². The maximum absolute atomic E-state index is 4.76. The van der Waals surface area contributed by atoms with Crippen molar-refractivity contribution in [2.75, 3.05) is 0 Å². The van der Waals surface area contributed by atoms with Crippen molar-refractivity contribution >= 4 is 31.5 Å². The van der Waals surface area contributed by atoms with E-state index < -0.39 is 0 Å². The van der Waals surface area contributed by atoms with Crippen LogP contribution in [0, 0.1) is 0 Å². The smallest absolute Gasteiger partial charge is 0.0801 e. The molecule has 0 fully saturated rings. The van der Waals surface area contributed by atoms with E-state index in [9.17, 15) is 0 Å². The molecule has 0 aliphatic rings. The summed E-state index contributed by atoms with van der Waals surface area (Å²) in [5.41, 5.74) is 2.03. The van der Waals surface area contributed by atoms with Gasteiger partial charge >= 0.3 is 33.3 Å². The number of aromatic nitrogens is 2. The van der Waals surface area contributed by atoms with Gasteiger partial charge in [0.25, 0.3) is 0 Å². The van der Waals surface area contributed by atoms with Gasteiger partial charge in [-0.05, 0) is 36.4 Å². The molecular formula is C14H10Cl2FeN2S. The quantitative estimate of drug-likeness (QED) is 0.580. The Labute approximate surface area is 136 Å². The molecule has 3 heterocycles. The minimum absolute atomic E-state index is 0.194. The molecular weight excluding hydrogens is 355 g/mol. The van der Waals surface area contributed by atoms with Crippen molar-refractivity contribution in [2.24, 2.45) is 0 Å². The first kappa shape index (κ1) is 15.5. The molecule has 20 heavy (non-hydrogen) atoms. The van der Waals surface area contributed by atoms with Gasteiger partial charge in [0.05, 0.1) is 21.1 Å². The Balaban J connectivity index is 0.000000452. The molecule has 3 rings (SSSR count). The molecule has 0 saturated carbocycles. The van der Waals surface area contributed by atoms with E-state index in [0.717, 1.165) is 11.4 Å². The summed E-state index contributed by atoms with van der Waals surface area (Å²) in [7, 11) is 9.53. The predicted octanol–water partition coefficient (Wildman–Crippen LogP) is 5.25. The first-order valence-electron chi connectivity index (χ1n) is 5.63. The van der Waals surface area contributed by atoms with E-state index in [1.807, 2.05) is 48.8 Å². The third kappa shape index (κ3) is 4.30. The van der Waals surface area contributed by atoms with Crippen LogP contribution in [0.1, 0.15) is 0 Å². The number of hydrogen-bond donors (Lipinski definition) is 0. The van der Waals surface area contributed by atoms with Crippen LogP contribution in [0.25, 0.3) is 21.1 Å². The molecule has 104 valence electrons. The van der Waals surface area contributed by atoms with Crippen molar-refractivity contribution in [3.05, 3.63) is 60.9 Å². The van der Waals surface area contributed by atoms with E-state index >= 15 is 0 Å². The molecule has 0 N–H and O–H groups in total. The molecule has 3 aromatic rings. The number of thiophene rings is 1. The van der Waals surface area contributed by atoms with Crippen molar-refractivity contribution in [3.63, 3.8) is 0 Å². The van der Waals surface area contributed by atoms with E-state index in [1.165, 1.54) is 9.75 Å². The zero-order valence-electron chi connectivity index (χ0n) is 10.2. The van der Waals surface area contributed by atoms with Crippen molar-refractivity contribution in [2.45, 2.75) is 0 Å². The largest absolute Gasteiger partial charge is 0.255 e. The molecule has 3 aromatic heterocycles. The summed E-state index contributed by atoms with van der Waals surface area (Å²) in [5.74, 6) is 0. The summed E-state index contributed by atoms with van der Waals surface area (Å²) < 4.78 is 0. The number of rotatable bonds is 2. The number of hydrogen-bond acceptors (Lipinski definition) is 3. The number of halogens is 2. The Bertz CT molecular complexity index is 578. The number of pyridine rings is 2. The van der Waals surface area contributed by atoms with Gasteiger partial charge in [-0.1, -0.05) is 12.1 Å². The fraction of sp³-hybridized carbons (Fsp3) is 0. The molecule has 0 saturated heterocycles. The summed E-state index contributed by atoms with van der Waals surface area (Å²) in [6.07, 6.45) is 3.63. The zero-order chi connectivity index (χ0) is 14.2. The van der Waals surface area contributed by atoms with Crippen molar-refractivity contribution in [1.29, 1.82) is 0 Å². The molecule has 0 atom stereocenters. The van der Waals surface area contributed by atoms with Gasteiger partial charge < -0.3 is 0 Å². The third-order valence-electron chi connectivity index (χ3n) is 2.44. The third-order valence-corrected chi connectivity index (χ3v) is 3.57. The molecule has 0 aromatic carbocycles. The maximum Gasteiger partial charge on any atom is 0.0801 e. The van der Waals surface area contributed by atoms with Gasteiger partial charge in [0.15, 0.2) is 0 Å². The van der Waals surface area contributed by atoms with Crippen LogP contribution in [0.4, 0.5) is 0 Å². The average Bonchev–Trinajstić information content (AvgIpc) is 3.00. The monoisotopic (exact) mass is 364 g/mol. The molecule has 6 heteroatoms. The number of nitrogens with zero attached hydrogens (tertiary/aromatic N) is 2. The van der Waals surface area contributed by atoms with Crippen LogP contribution in [0.5, 0.6) is 0 Å². The van der Waals surface area contributed by atoms with Crippen LogP contribution >= 0.6 is 31.5 Å². The SMILES string of the molecule is [Cl][Fe][Cl].c1ccc(-c2ccc(-c3ccccn3)s2)nc1. The first-order valence-corrected chi connectivity index (χ1v) is 9.48. The zero-order valence-corrected chi connectivity index (χ0v) is 13.6. The van der Waals surface area contributed by atoms with Gasteiger partial charge in [0.2, 0.25) is 0 Å². The van der Waals surface area contributed by atoms with Crippen LogP contribution in [0.15, 0.2) is 60.9 Å². The molecule has 0 amide bonds. The van der Waals surface area contributed by atoms with E-state index in [2.05, 4.69) is 22.1 Å². The molecule has 2 nitrogen and oxygen atoms in total. The summed E-state index contributed by atoms with van der Waals surface area (Å²) >= 11 is 1.91. The summed E-state index contributed by atoms with van der Waals surface area (Å²) in [6.45, 7) is 0. The summed E-state index contributed by atoms with van der Waals surface area (Å²) in [6, 6.07) is 16.1. The minimum atomic E-state index is 0.194. The topological polar surface area (TPSA) is 25.8 Å². The van der Waals surface area contributed by atoms with Gasteiger partial charge in [0.1, 0.15) is 0 Å². The van der Waals surface area contributed by atoms with Crippen LogP contribution in [-0.4, -0.2) is 9.97 Å². The fourth-order valence-corrected chi connectivity index (χ4v) is 2.59. The molecule has 0 aliphatic heterocycles. The second-order valence-electron chi connectivity index (χ2n) is 3.64. The Kier molecular flexibility index (Phi) is 6.51. The summed E-state index contributed by atoms with van der Waals surface area (Å²) in [4.78, 5) is 11.0. The van der Waals surface area contributed by atoms with Crippen LogP contribution in [0.3, 0.4) is 0 Å². The van der Waals surface area contributed by atoms with E-state index in [1.54, 1.807) is 11.3 Å². The van der Waals surface area contributed by atoms with E-state index in [4.69, 9.17) is 20.2 Å². The van der Waals surface area contributed by atoms with E-state index in [0.29, 0.717) is 0 Å².